The third-order valence-corrected chi connectivity index (χ3v) is 13.2. The summed E-state index contributed by atoms with van der Waals surface area (Å²) >= 11 is 0. The van der Waals surface area contributed by atoms with Gasteiger partial charge in [-0.15, -0.1) is 5.10 Å². The summed E-state index contributed by atoms with van der Waals surface area (Å²) in [6, 6.07) is 16.3. The molecular weight excluding hydrogens is 805 g/mol. The van der Waals surface area contributed by atoms with Crippen molar-refractivity contribution in [2.45, 2.75) is 57.7 Å². The molecule has 3 saturated heterocycles. The van der Waals surface area contributed by atoms with Gasteiger partial charge in [-0.1, -0.05) is 29.7 Å². The molecule has 1 spiro atoms. The molecule has 6 aromatic rings. The number of carbonyl (C=O) groups is 1. The molecule has 1 saturated carbocycles. The van der Waals surface area contributed by atoms with Crippen molar-refractivity contribution >= 4 is 62.4 Å². The highest BCUT2D eigenvalue weighted by Gasteiger charge is 2.58. The Morgan fingerprint density at radius 1 is 0.841 bits per heavy atom. The summed E-state index contributed by atoms with van der Waals surface area (Å²) in [4.78, 5) is 63.8. The van der Waals surface area contributed by atoms with Crippen LogP contribution in [0.15, 0.2) is 70.5 Å². The Labute approximate surface area is 361 Å². The number of anilines is 6. The van der Waals surface area contributed by atoms with Gasteiger partial charge in [0.1, 0.15) is 27.6 Å². The van der Waals surface area contributed by atoms with E-state index in [0.717, 1.165) is 94.0 Å². The van der Waals surface area contributed by atoms with Crippen molar-refractivity contribution in [1.82, 2.24) is 45.4 Å². The summed E-state index contributed by atoms with van der Waals surface area (Å²) in [6.45, 7) is 6.24. The molecule has 4 aliphatic rings. The van der Waals surface area contributed by atoms with Crippen LogP contribution in [0.3, 0.4) is 0 Å². The van der Waals surface area contributed by atoms with Gasteiger partial charge in [-0.3, -0.25) is 24.6 Å². The van der Waals surface area contributed by atoms with Crippen molar-refractivity contribution in [2.75, 3.05) is 73.4 Å². The largest absolute Gasteiger partial charge is 0.481 e. The Morgan fingerprint density at radius 2 is 1.54 bits per heavy atom. The number of hydrogen-bond donors (Lipinski definition) is 6. The average Bonchev–Trinajstić information content (AvgIpc) is 4.07. The van der Waals surface area contributed by atoms with E-state index in [-0.39, 0.29) is 34.5 Å². The molecule has 4 fully saturated rings. The fraction of sp³-hybridized carbons (Fsp3) is 0.432. The minimum atomic E-state index is -0.664. The number of H-pyrrole nitrogens is 2. The van der Waals surface area contributed by atoms with Crippen LogP contribution in [0, 0.1) is 11.3 Å². The van der Waals surface area contributed by atoms with Gasteiger partial charge in [-0.25, -0.2) is 10.1 Å². The zero-order valence-electron chi connectivity index (χ0n) is 35.1. The van der Waals surface area contributed by atoms with Crippen LogP contribution in [0.2, 0.25) is 0 Å². The van der Waals surface area contributed by atoms with Crippen LogP contribution in [0.4, 0.5) is 34.6 Å². The molecule has 6 N–H and O–H groups in total. The van der Waals surface area contributed by atoms with Gasteiger partial charge in [0, 0.05) is 62.9 Å². The van der Waals surface area contributed by atoms with Crippen molar-refractivity contribution in [1.29, 1.82) is 0 Å². The summed E-state index contributed by atoms with van der Waals surface area (Å²) in [7, 11) is 1.47. The molecule has 3 aliphatic heterocycles. The van der Waals surface area contributed by atoms with Gasteiger partial charge in [-0.05, 0) is 79.5 Å². The third kappa shape index (κ3) is 8.32. The van der Waals surface area contributed by atoms with Gasteiger partial charge >= 0.3 is 17.5 Å². The molecule has 7 heterocycles. The minimum Gasteiger partial charge on any atom is -0.481 e. The highest BCUT2D eigenvalue weighted by molar-refractivity contribution is 5.91. The number of piperidine rings is 1. The van der Waals surface area contributed by atoms with Crippen molar-refractivity contribution < 1.29 is 19.3 Å². The molecule has 4 aromatic heterocycles. The van der Waals surface area contributed by atoms with Gasteiger partial charge in [-0.2, -0.15) is 20.1 Å². The Kier molecular flexibility index (Phi) is 10.8. The second-order valence-electron chi connectivity index (χ2n) is 17.2. The molecule has 63 heavy (non-hydrogen) atoms. The smallest absolute Gasteiger partial charge is 0.318 e. The van der Waals surface area contributed by atoms with Gasteiger partial charge in [0.25, 0.3) is 5.56 Å². The lowest BCUT2D eigenvalue weighted by atomic mass is 9.90. The van der Waals surface area contributed by atoms with E-state index in [0.29, 0.717) is 47.1 Å². The van der Waals surface area contributed by atoms with Crippen LogP contribution in [-0.2, 0) is 11.3 Å². The summed E-state index contributed by atoms with van der Waals surface area (Å²) in [5.41, 5.74) is 3.95. The molecule has 2 unspecified atom stereocenters. The second kappa shape index (κ2) is 16.9. The number of fused-ring (bicyclic) bond motifs is 2. The number of nitrogens with one attached hydrogen (secondary N) is 5. The van der Waals surface area contributed by atoms with Crippen LogP contribution in [-0.4, -0.2) is 104 Å². The van der Waals surface area contributed by atoms with Crippen LogP contribution < -0.4 is 46.3 Å². The standard InChI is InChI=1S/C44H50N14O5/c1-63-43-50-32-23-46-53-39(59)35(32)38(52-43)48-28-8-6-27(7-9-28)24-55-21-16-45-34(26-55)58-25-33-36(40(60)54-58)37(51-42(49-33)57-17-4-2-3-5-18-57)47-29-10-12-30(13-11-29)56-19-14-44(15-20-56)22-31(44)41(61)62/h6-13,23,25,31,34,45H,2-5,14-22,24,26H2,1H3,(H4-,47,48,49,50,51,52,53,54,59,60,61,62)/p+1. The lowest BCUT2D eigenvalue weighted by Gasteiger charge is -2.34. The molecule has 0 amide bonds. The molecule has 0 bridgehead atoms. The highest BCUT2D eigenvalue weighted by Crippen LogP contribution is 2.59. The maximum Gasteiger partial charge on any atom is 0.318 e. The number of carboxylic acids is 1. The molecule has 0 radical (unpaired) electrons. The first-order valence-corrected chi connectivity index (χ1v) is 21.8. The first-order chi connectivity index (χ1) is 30.7. The quantitative estimate of drug-likeness (QED) is 0.102. The van der Waals surface area contributed by atoms with Gasteiger partial charge in [0.05, 0.1) is 25.8 Å². The Balaban J connectivity index is 0.857. The van der Waals surface area contributed by atoms with Crippen LogP contribution >= 0.6 is 0 Å². The predicted molar refractivity (Wildman–Crippen MR) is 237 cm³/mol. The van der Waals surface area contributed by atoms with E-state index in [4.69, 9.17) is 14.7 Å². The number of aliphatic carboxylic acids is 1. The zero-order valence-corrected chi connectivity index (χ0v) is 35.1. The van der Waals surface area contributed by atoms with E-state index < -0.39 is 11.5 Å². The molecule has 2 atom stereocenters. The molecule has 10 rings (SSSR count). The van der Waals surface area contributed by atoms with Crippen molar-refractivity contribution in [3.8, 4) is 6.01 Å². The van der Waals surface area contributed by atoms with Crippen molar-refractivity contribution in [2.24, 2.45) is 11.3 Å². The van der Waals surface area contributed by atoms with E-state index in [1.54, 1.807) is 0 Å². The van der Waals surface area contributed by atoms with E-state index in [1.807, 2.05) is 47.3 Å². The number of methoxy groups -OCH3 is 1. The zero-order chi connectivity index (χ0) is 43.1. The van der Waals surface area contributed by atoms with Crippen LogP contribution in [0.5, 0.6) is 6.01 Å². The predicted octanol–water partition coefficient (Wildman–Crippen LogP) is 3.80. The number of ether oxygens (including phenoxy) is 1. The van der Waals surface area contributed by atoms with E-state index in [1.165, 1.54) is 26.1 Å². The number of benzene rings is 2. The number of carboxylic acid groups (broad SMARTS) is 1. The molecular formula is C44H51N14O5+. The van der Waals surface area contributed by atoms with Crippen molar-refractivity contribution in [3.63, 3.8) is 0 Å². The van der Waals surface area contributed by atoms with E-state index in [2.05, 4.69) is 68.0 Å². The maximum atomic E-state index is 14.1. The van der Waals surface area contributed by atoms with E-state index >= 15 is 0 Å². The summed E-state index contributed by atoms with van der Waals surface area (Å²) in [6.07, 6.45) is 10.2. The first kappa shape index (κ1) is 40.3. The first-order valence-electron chi connectivity index (χ1n) is 21.8. The summed E-state index contributed by atoms with van der Waals surface area (Å²) < 4.78 is 7.08. The van der Waals surface area contributed by atoms with Crippen molar-refractivity contribution in [3.05, 3.63) is 87.2 Å². The second-order valence-corrected chi connectivity index (χ2v) is 17.2. The molecule has 19 nitrogen and oxygen atoms in total. The number of aromatic nitrogens is 8. The highest BCUT2D eigenvalue weighted by atomic mass is 16.5. The summed E-state index contributed by atoms with van der Waals surface area (Å²) in [5.74, 6) is 0.525. The third-order valence-electron chi connectivity index (χ3n) is 13.2. The molecule has 2 aromatic carbocycles. The number of nitrogens with zero attached hydrogens (tertiary/aromatic N) is 9. The Hall–Kier alpha value is -6.73. The fourth-order valence-electron chi connectivity index (χ4n) is 9.51. The molecule has 1 aliphatic carbocycles. The molecule has 19 heteroatoms. The minimum absolute atomic E-state index is 0.0243. The topological polar surface area (TPSA) is 226 Å². The number of rotatable bonds is 11. The molecule has 326 valence electrons. The number of hydrogen-bond acceptors (Lipinski definition) is 15. The van der Waals surface area contributed by atoms with Gasteiger partial charge in [0.2, 0.25) is 18.3 Å². The van der Waals surface area contributed by atoms with Gasteiger partial charge in [0.15, 0.2) is 5.82 Å². The number of piperazine rings is 1. The van der Waals surface area contributed by atoms with Crippen LogP contribution in [0.1, 0.15) is 56.7 Å². The lowest BCUT2D eigenvalue weighted by Crippen LogP contribution is -2.60. The monoisotopic (exact) mass is 855 g/mol. The number of aromatic amines is 2. The fourth-order valence-corrected chi connectivity index (χ4v) is 9.51. The maximum absolute atomic E-state index is 14.1. The summed E-state index contributed by atoms with van der Waals surface area (Å²) in [5, 5.41) is 29.9. The normalized spacial score (nSPS) is 20.1. The SMILES string of the molecule is COc1nc(Nc2ccc(CN3CCNC([n+]4cc5nc(N6CCCCCC6)nc(Nc6ccc(N7CCC8(CC7)CC8C(=O)O)cc6)c5c(=O)[nH]4)C3)cc2)c2c(=O)[nH]ncc2n1. The van der Waals surface area contributed by atoms with Crippen LogP contribution in [0.25, 0.3) is 21.8 Å². The average molecular weight is 856 g/mol. The van der Waals surface area contributed by atoms with Gasteiger partial charge < -0.3 is 30.3 Å². The Morgan fingerprint density at radius 3 is 2.24 bits per heavy atom. The lowest BCUT2D eigenvalue weighted by molar-refractivity contribution is -0.783. The Bertz CT molecular complexity index is 2760. The van der Waals surface area contributed by atoms with E-state index in [9.17, 15) is 19.5 Å².